The summed E-state index contributed by atoms with van der Waals surface area (Å²) in [7, 11) is -8.87. The third-order valence-electron chi connectivity index (χ3n) is 1.73. The Morgan fingerprint density at radius 1 is 1.18 bits per heavy atom. The lowest BCUT2D eigenvalue weighted by atomic mass is 10.3. The maximum Gasteiger partial charge on any atom is 0.334 e. The Balaban J connectivity index is 3.17. The van der Waals surface area contributed by atoms with Gasteiger partial charge in [-0.15, -0.1) is 3.89 Å². The number of halogens is 1. The van der Waals surface area contributed by atoms with Crippen LogP contribution in [-0.4, -0.2) is 23.4 Å². The number of hydrogen-bond acceptors (Lipinski definition) is 4. The summed E-state index contributed by atoms with van der Waals surface area (Å²) in [5, 5.41) is 0. The van der Waals surface area contributed by atoms with Crippen LogP contribution in [0.5, 0.6) is 0 Å². The van der Waals surface area contributed by atoms with Gasteiger partial charge in [0.2, 0.25) is 0 Å². The van der Waals surface area contributed by atoms with Gasteiger partial charge in [-0.2, -0.15) is 21.6 Å². The quantitative estimate of drug-likeness (QED) is 0.774. The molecule has 1 aromatic carbocycles. The monoisotopic (exact) mass is 282 g/mol. The minimum atomic E-state index is -4.98. The van der Waals surface area contributed by atoms with Gasteiger partial charge >= 0.3 is 10.2 Å². The number of rotatable bonds is 5. The average molecular weight is 282 g/mol. The van der Waals surface area contributed by atoms with Crippen LogP contribution in [0.25, 0.3) is 0 Å². The molecule has 96 valence electrons. The lowest BCUT2D eigenvalue weighted by Gasteiger charge is -2.09. The minimum absolute atomic E-state index is 0.125. The molecule has 2 N–H and O–H groups in total. The highest BCUT2D eigenvalue weighted by atomic mass is 32.3. The molecule has 0 radical (unpaired) electrons. The Morgan fingerprint density at radius 3 is 2.29 bits per heavy atom. The Morgan fingerprint density at radius 2 is 1.76 bits per heavy atom. The summed E-state index contributed by atoms with van der Waals surface area (Å²) in [6.45, 7) is 1.68. The van der Waals surface area contributed by atoms with Gasteiger partial charge < -0.3 is 0 Å². The number of nitrogens with one attached hydrogen (secondary N) is 2. The van der Waals surface area contributed by atoms with Crippen molar-refractivity contribution in [3.05, 3.63) is 24.3 Å². The first-order valence-corrected chi connectivity index (χ1v) is 7.44. The van der Waals surface area contributed by atoms with E-state index in [1.54, 1.807) is 6.92 Å². The summed E-state index contributed by atoms with van der Waals surface area (Å²) < 4.78 is 61.1. The standard InChI is InChI=1S/C8H11FN2O4S2/c1-2-10-17(14,15)11-7-5-3-4-6-8(7)16(9,12)13/h3-6,10-11H,2H2,1H3. The predicted octanol–water partition coefficient (Wildman–Crippen LogP) is 0.611. The van der Waals surface area contributed by atoms with Gasteiger partial charge in [0.15, 0.2) is 0 Å². The molecule has 0 saturated heterocycles. The van der Waals surface area contributed by atoms with Crippen LogP contribution in [0.15, 0.2) is 29.2 Å². The van der Waals surface area contributed by atoms with E-state index in [-0.39, 0.29) is 12.2 Å². The summed E-state index contributed by atoms with van der Waals surface area (Å²) >= 11 is 0. The second-order valence-electron chi connectivity index (χ2n) is 3.04. The molecule has 0 saturated carbocycles. The van der Waals surface area contributed by atoms with E-state index in [4.69, 9.17) is 0 Å². The van der Waals surface area contributed by atoms with E-state index in [1.165, 1.54) is 12.1 Å². The van der Waals surface area contributed by atoms with Crippen molar-refractivity contribution in [3.63, 3.8) is 0 Å². The molecule has 6 nitrogen and oxygen atoms in total. The highest BCUT2D eigenvalue weighted by molar-refractivity contribution is 7.91. The van der Waals surface area contributed by atoms with Crippen LogP contribution in [-0.2, 0) is 20.4 Å². The molecule has 0 amide bonds. The van der Waals surface area contributed by atoms with Crippen molar-refractivity contribution in [2.24, 2.45) is 0 Å². The van der Waals surface area contributed by atoms with Crippen molar-refractivity contribution in [2.45, 2.75) is 11.8 Å². The maximum atomic E-state index is 12.9. The predicted molar refractivity (Wildman–Crippen MR) is 61.0 cm³/mol. The van der Waals surface area contributed by atoms with Gasteiger partial charge in [0.25, 0.3) is 10.2 Å². The Hall–Kier alpha value is -1.19. The summed E-state index contributed by atoms with van der Waals surface area (Å²) in [4.78, 5) is -0.721. The largest absolute Gasteiger partial charge is 0.334 e. The molecule has 0 aliphatic carbocycles. The normalized spacial score (nSPS) is 12.4. The molecular weight excluding hydrogens is 271 g/mol. The lowest BCUT2D eigenvalue weighted by Crippen LogP contribution is -2.30. The second-order valence-corrected chi connectivity index (χ2v) is 5.85. The second kappa shape index (κ2) is 4.98. The molecule has 1 aromatic rings. The zero-order chi connectivity index (χ0) is 13.1. The first kappa shape index (κ1) is 13.9. The smallest absolute Gasteiger partial charge is 0.270 e. The molecule has 1 rings (SSSR count). The first-order valence-electron chi connectivity index (χ1n) is 4.57. The molecule has 0 unspecified atom stereocenters. The molecule has 0 fully saturated rings. The fraction of sp³-hybridized carbons (Fsp3) is 0.250. The average Bonchev–Trinajstić information content (AvgIpc) is 2.15. The van der Waals surface area contributed by atoms with Crippen molar-refractivity contribution < 1.29 is 20.7 Å². The summed E-state index contributed by atoms with van der Waals surface area (Å²) in [6.07, 6.45) is 0. The zero-order valence-corrected chi connectivity index (χ0v) is 10.5. The summed E-state index contributed by atoms with van der Waals surface area (Å²) in [6, 6.07) is 4.80. The van der Waals surface area contributed by atoms with E-state index in [9.17, 15) is 20.7 Å². The van der Waals surface area contributed by atoms with Gasteiger partial charge in [0.1, 0.15) is 4.90 Å². The lowest BCUT2D eigenvalue weighted by molar-refractivity contribution is 0.552. The maximum absolute atomic E-state index is 12.9. The molecule has 0 heterocycles. The molecule has 0 aliphatic heterocycles. The SMILES string of the molecule is CCNS(=O)(=O)Nc1ccccc1S(=O)(=O)F. The highest BCUT2D eigenvalue weighted by Crippen LogP contribution is 2.23. The van der Waals surface area contributed by atoms with Crippen LogP contribution < -0.4 is 9.44 Å². The Kier molecular flexibility index (Phi) is 4.07. The summed E-state index contributed by atoms with van der Waals surface area (Å²) in [5.41, 5.74) is -0.337. The van der Waals surface area contributed by atoms with Crippen molar-refractivity contribution in [1.29, 1.82) is 0 Å². The van der Waals surface area contributed by atoms with Crippen LogP contribution in [0.3, 0.4) is 0 Å². The zero-order valence-electron chi connectivity index (χ0n) is 8.84. The van der Waals surface area contributed by atoms with E-state index in [2.05, 4.69) is 4.72 Å². The van der Waals surface area contributed by atoms with Crippen molar-refractivity contribution in [2.75, 3.05) is 11.3 Å². The molecule has 9 heteroatoms. The number of hydrogen-bond donors (Lipinski definition) is 2. The molecule has 17 heavy (non-hydrogen) atoms. The number of benzene rings is 1. The third kappa shape index (κ3) is 3.95. The molecule has 0 atom stereocenters. The molecule has 0 spiro atoms. The van der Waals surface area contributed by atoms with Crippen molar-refractivity contribution in [1.82, 2.24) is 4.72 Å². The van der Waals surface area contributed by atoms with E-state index in [0.29, 0.717) is 0 Å². The molecule has 0 aliphatic rings. The van der Waals surface area contributed by atoms with Crippen LogP contribution in [0.2, 0.25) is 0 Å². The Labute approximate surface area is 99.2 Å². The third-order valence-corrected chi connectivity index (χ3v) is 3.77. The number of para-hydroxylation sites is 1. The molecular formula is C8H11FN2O4S2. The minimum Gasteiger partial charge on any atom is -0.270 e. The van der Waals surface area contributed by atoms with E-state index >= 15 is 0 Å². The Bertz CT molecular complexity index is 598. The van der Waals surface area contributed by atoms with Gasteiger partial charge in [-0.25, -0.2) is 0 Å². The van der Waals surface area contributed by atoms with Gasteiger partial charge in [-0.05, 0) is 12.1 Å². The first-order chi connectivity index (χ1) is 7.76. The van der Waals surface area contributed by atoms with E-state index < -0.39 is 25.3 Å². The van der Waals surface area contributed by atoms with Crippen LogP contribution in [0.4, 0.5) is 9.57 Å². The molecule has 0 aromatic heterocycles. The molecule has 0 bridgehead atoms. The van der Waals surface area contributed by atoms with Gasteiger partial charge in [0, 0.05) is 6.54 Å². The summed E-state index contributed by atoms with van der Waals surface area (Å²) in [5.74, 6) is 0. The van der Waals surface area contributed by atoms with Gasteiger partial charge in [-0.1, -0.05) is 19.1 Å². The fourth-order valence-electron chi connectivity index (χ4n) is 1.13. The fourth-order valence-corrected chi connectivity index (χ4v) is 2.74. The highest BCUT2D eigenvalue weighted by Gasteiger charge is 2.19. The van der Waals surface area contributed by atoms with E-state index in [1.807, 2.05) is 4.72 Å². The van der Waals surface area contributed by atoms with Gasteiger partial charge in [0.05, 0.1) is 5.69 Å². The number of anilines is 1. The topological polar surface area (TPSA) is 92.3 Å². The van der Waals surface area contributed by atoms with Crippen LogP contribution in [0.1, 0.15) is 6.92 Å². The van der Waals surface area contributed by atoms with Crippen molar-refractivity contribution in [3.8, 4) is 0 Å². The van der Waals surface area contributed by atoms with Crippen molar-refractivity contribution >= 4 is 26.1 Å². The van der Waals surface area contributed by atoms with E-state index in [0.717, 1.165) is 12.1 Å². The van der Waals surface area contributed by atoms with Crippen LogP contribution in [0, 0.1) is 0 Å². The van der Waals surface area contributed by atoms with Gasteiger partial charge in [-0.3, -0.25) is 4.72 Å². The van der Waals surface area contributed by atoms with Crippen LogP contribution >= 0.6 is 0 Å².